The van der Waals surface area contributed by atoms with Crippen LogP contribution in [0.1, 0.15) is 38.5 Å². The molecule has 1 aliphatic heterocycles. The quantitative estimate of drug-likeness (QED) is 0.660. The number of ether oxygens (including phenoxy) is 1. The van der Waals surface area contributed by atoms with Gasteiger partial charge in [0, 0.05) is 5.54 Å². The number of hydrogen-bond acceptors (Lipinski definition) is 4. The minimum Gasteiger partial charge on any atom is -0.495 e. The highest BCUT2D eigenvalue weighted by Crippen LogP contribution is 2.55. The Morgan fingerprint density at radius 3 is 2.29 bits per heavy atom. The molecule has 7 heteroatoms. The van der Waals surface area contributed by atoms with Crippen LogP contribution < -0.4 is 25.2 Å². The number of quaternary nitrogens is 1. The van der Waals surface area contributed by atoms with Gasteiger partial charge in [-0.05, 0) is 68.4 Å². The van der Waals surface area contributed by atoms with Crippen molar-refractivity contribution in [3.05, 3.63) is 24.3 Å². The number of nitrogens with one attached hydrogen (secondary N) is 3. The number of carbonyl (C=O) groups excluding carboxylic acids is 2. The van der Waals surface area contributed by atoms with E-state index in [1.54, 1.807) is 7.11 Å². The number of rotatable bonds is 5. The van der Waals surface area contributed by atoms with Gasteiger partial charge in [0.15, 0.2) is 6.54 Å². The average Bonchev–Trinajstić information content (AvgIpc) is 2.72. The molecule has 0 unspecified atom stereocenters. The van der Waals surface area contributed by atoms with Crippen molar-refractivity contribution in [1.29, 1.82) is 0 Å². The normalized spacial score (nSPS) is 32.0. The molecule has 0 aromatic heterocycles. The van der Waals surface area contributed by atoms with Crippen LogP contribution in [0.4, 0.5) is 10.5 Å². The van der Waals surface area contributed by atoms with E-state index < -0.39 is 0 Å². The van der Waals surface area contributed by atoms with Crippen LogP contribution in [0, 0.1) is 17.8 Å². The molecule has 0 atom stereocenters. The molecule has 3 amide bonds. The first-order chi connectivity index (χ1) is 15.0. The summed E-state index contributed by atoms with van der Waals surface area (Å²) in [7, 11) is 1.69. The number of hydrogen-bond donors (Lipinski definition) is 3. The Hall–Kier alpha value is -2.28. The van der Waals surface area contributed by atoms with Gasteiger partial charge in [0.05, 0.1) is 39.0 Å². The molecule has 31 heavy (non-hydrogen) atoms. The van der Waals surface area contributed by atoms with Crippen LogP contribution in [-0.4, -0.2) is 57.3 Å². The second-order valence-electron chi connectivity index (χ2n) is 10.3. The van der Waals surface area contributed by atoms with Crippen LogP contribution in [0.25, 0.3) is 0 Å². The molecule has 6 rings (SSSR count). The third-order valence-corrected chi connectivity index (χ3v) is 7.98. The monoisotopic (exact) mass is 427 g/mol. The molecule has 7 nitrogen and oxygen atoms in total. The smallest absolute Gasteiger partial charge is 0.322 e. The molecular weight excluding hydrogens is 392 g/mol. The SMILES string of the molecule is COc1ccccc1N1CC[NH+](CC(=O)NC(=O)NC23CC4CC(CC(C4)C2)C3)CC1. The molecule has 1 saturated heterocycles. The highest BCUT2D eigenvalue weighted by molar-refractivity contribution is 5.95. The summed E-state index contributed by atoms with van der Waals surface area (Å²) in [6, 6.07) is 7.75. The summed E-state index contributed by atoms with van der Waals surface area (Å²) in [5.41, 5.74) is 1.04. The summed E-state index contributed by atoms with van der Waals surface area (Å²) in [5, 5.41) is 5.85. The number of carbonyl (C=O) groups is 2. The van der Waals surface area contributed by atoms with Crippen molar-refractivity contribution in [3.8, 4) is 5.75 Å². The Morgan fingerprint density at radius 2 is 1.68 bits per heavy atom. The minimum absolute atomic E-state index is 0.0632. The van der Waals surface area contributed by atoms with E-state index >= 15 is 0 Å². The second kappa shape index (κ2) is 8.34. The number of amides is 3. The molecule has 1 aromatic carbocycles. The van der Waals surface area contributed by atoms with Crippen molar-refractivity contribution < 1.29 is 19.2 Å². The van der Waals surface area contributed by atoms with Crippen LogP contribution in [0.5, 0.6) is 5.75 Å². The Bertz CT molecular complexity index is 799. The number of nitrogens with zero attached hydrogens (tertiary/aromatic N) is 1. The van der Waals surface area contributed by atoms with E-state index in [0.29, 0.717) is 6.54 Å². The van der Waals surface area contributed by atoms with Crippen LogP contribution in [0.3, 0.4) is 0 Å². The zero-order chi connectivity index (χ0) is 21.4. The summed E-state index contributed by atoms with van der Waals surface area (Å²) < 4.78 is 5.48. The maximum absolute atomic E-state index is 12.6. The molecule has 0 spiro atoms. The average molecular weight is 428 g/mol. The fourth-order valence-electron chi connectivity index (χ4n) is 7.07. The third kappa shape index (κ3) is 4.38. The number of piperazine rings is 1. The lowest BCUT2D eigenvalue weighted by atomic mass is 9.53. The third-order valence-electron chi connectivity index (χ3n) is 7.98. The summed E-state index contributed by atoms with van der Waals surface area (Å²) in [4.78, 5) is 28.7. The van der Waals surface area contributed by atoms with Crippen molar-refractivity contribution in [3.63, 3.8) is 0 Å². The maximum Gasteiger partial charge on any atom is 0.322 e. The number of anilines is 1. The van der Waals surface area contributed by atoms with Gasteiger partial charge in [-0.25, -0.2) is 4.79 Å². The van der Waals surface area contributed by atoms with E-state index in [9.17, 15) is 9.59 Å². The summed E-state index contributed by atoms with van der Waals surface area (Å²) in [5.74, 6) is 3.01. The van der Waals surface area contributed by atoms with Crippen LogP contribution in [-0.2, 0) is 4.79 Å². The number of methoxy groups -OCH3 is 1. The Balaban J connectivity index is 1.09. The first kappa shape index (κ1) is 20.6. The number of imide groups is 1. The van der Waals surface area contributed by atoms with E-state index in [4.69, 9.17) is 4.74 Å². The lowest BCUT2D eigenvalue weighted by Crippen LogP contribution is -3.16. The summed E-state index contributed by atoms with van der Waals surface area (Å²) in [6.07, 6.45) is 7.30. The first-order valence-corrected chi connectivity index (χ1v) is 11.9. The van der Waals surface area contributed by atoms with Crippen molar-refractivity contribution in [1.82, 2.24) is 10.6 Å². The Morgan fingerprint density at radius 1 is 1.06 bits per heavy atom. The number of para-hydroxylation sites is 2. The topological polar surface area (TPSA) is 75.1 Å². The van der Waals surface area contributed by atoms with Crippen LogP contribution in [0.2, 0.25) is 0 Å². The fourth-order valence-corrected chi connectivity index (χ4v) is 7.07. The van der Waals surface area contributed by atoms with Gasteiger partial charge >= 0.3 is 6.03 Å². The van der Waals surface area contributed by atoms with E-state index in [1.807, 2.05) is 18.2 Å². The highest BCUT2D eigenvalue weighted by atomic mass is 16.5. The molecule has 5 aliphatic rings. The highest BCUT2D eigenvalue weighted by Gasteiger charge is 2.51. The van der Waals surface area contributed by atoms with Gasteiger partial charge in [0.2, 0.25) is 0 Å². The molecule has 5 fully saturated rings. The molecule has 1 heterocycles. The molecule has 0 radical (unpaired) electrons. The van der Waals surface area contributed by atoms with Gasteiger partial charge in [-0.1, -0.05) is 12.1 Å². The predicted octanol–water partition coefficient (Wildman–Crippen LogP) is 1.19. The van der Waals surface area contributed by atoms with Gasteiger partial charge in [-0.3, -0.25) is 10.1 Å². The second-order valence-corrected chi connectivity index (χ2v) is 10.3. The molecule has 1 aromatic rings. The lowest BCUT2D eigenvalue weighted by Gasteiger charge is -2.56. The van der Waals surface area contributed by atoms with Crippen molar-refractivity contribution in [2.24, 2.45) is 17.8 Å². The minimum atomic E-state index is -0.293. The van der Waals surface area contributed by atoms with Crippen molar-refractivity contribution >= 4 is 17.6 Å². The van der Waals surface area contributed by atoms with Crippen molar-refractivity contribution in [2.45, 2.75) is 44.1 Å². The molecule has 4 bridgehead atoms. The van der Waals surface area contributed by atoms with Gasteiger partial charge in [-0.2, -0.15) is 0 Å². The molecule has 3 N–H and O–H groups in total. The summed E-state index contributed by atoms with van der Waals surface area (Å²) in [6.45, 7) is 3.79. The predicted molar refractivity (Wildman–Crippen MR) is 118 cm³/mol. The van der Waals surface area contributed by atoms with Gasteiger partial charge in [0.25, 0.3) is 5.91 Å². The Kier molecular flexibility index (Phi) is 5.54. The van der Waals surface area contributed by atoms with E-state index in [2.05, 4.69) is 21.6 Å². The van der Waals surface area contributed by atoms with Crippen molar-refractivity contribution in [2.75, 3.05) is 44.7 Å². The number of benzene rings is 1. The zero-order valence-corrected chi connectivity index (χ0v) is 18.5. The maximum atomic E-state index is 12.6. The van der Waals surface area contributed by atoms with Crippen LogP contribution in [0.15, 0.2) is 24.3 Å². The standard InChI is InChI=1S/C24H34N4O3/c1-31-21-5-3-2-4-20(21)28-8-6-27(7-9-28)16-22(29)25-23(30)26-24-13-17-10-18(14-24)12-19(11-17)15-24/h2-5,17-19H,6-16H2,1H3,(H2,25,26,29,30)/p+1. The van der Waals surface area contributed by atoms with E-state index in [0.717, 1.165) is 74.6 Å². The molecular formula is C24H35N4O3+. The Labute approximate surface area is 184 Å². The van der Waals surface area contributed by atoms with E-state index in [1.165, 1.54) is 24.2 Å². The lowest BCUT2D eigenvalue weighted by molar-refractivity contribution is -0.892. The molecule has 168 valence electrons. The van der Waals surface area contributed by atoms with Gasteiger partial charge < -0.3 is 19.9 Å². The molecule has 4 aliphatic carbocycles. The first-order valence-electron chi connectivity index (χ1n) is 11.9. The summed E-state index contributed by atoms with van der Waals surface area (Å²) >= 11 is 0. The van der Waals surface area contributed by atoms with E-state index in [-0.39, 0.29) is 17.5 Å². The zero-order valence-electron chi connectivity index (χ0n) is 18.5. The number of urea groups is 1. The fraction of sp³-hybridized carbons (Fsp3) is 0.667. The van der Waals surface area contributed by atoms with Gasteiger partial charge in [0.1, 0.15) is 5.75 Å². The van der Waals surface area contributed by atoms with Gasteiger partial charge in [-0.15, -0.1) is 0 Å². The largest absolute Gasteiger partial charge is 0.495 e. The molecule has 4 saturated carbocycles. The van der Waals surface area contributed by atoms with Crippen LogP contribution >= 0.6 is 0 Å².